The molecule has 17 heavy (non-hydrogen) atoms. The van der Waals surface area contributed by atoms with E-state index in [4.69, 9.17) is 10.0 Å². The molecule has 0 spiro atoms. The Bertz CT molecular complexity index is 504. The van der Waals surface area contributed by atoms with E-state index in [2.05, 4.69) is 10.2 Å². The molecule has 1 aromatic carbocycles. The second-order valence-electron chi connectivity index (χ2n) is 3.63. The molecule has 1 heterocycles. The second-order valence-corrected chi connectivity index (χ2v) is 4.57. The van der Waals surface area contributed by atoms with E-state index in [-0.39, 0.29) is 0 Å². The van der Waals surface area contributed by atoms with Gasteiger partial charge in [-0.25, -0.2) is 0 Å². The molecule has 88 valence electrons. The van der Waals surface area contributed by atoms with Crippen molar-refractivity contribution in [3.05, 3.63) is 36.2 Å². The van der Waals surface area contributed by atoms with Crippen LogP contribution in [0, 0.1) is 0 Å². The quantitative estimate of drug-likeness (QED) is 0.579. The molecule has 1 aromatic heterocycles. The van der Waals surface area contributed by atoms with E-state index in [0.717, 1.165) is 10.7 Å². The largest absolute Gasteiger partial charge is 0.488 e. The molecule has 0 aliphatic heterocycles. The lowest BCUT2D eigenvalue weighted by atomic mass is 9.80. The zero-order chi connectivity index (χ0) is 12.3. The van der Waals surface area contributed by atoms with Gasteiger partial charge in [0.05, 0.1) is 0 Å². The van der Waals surface area contributed by atoms with Crippen molar-refractivity contribution >= 4 is 24.3 Å². The molecule has 0 aliphatic rings. The Morgan fingerprint density at radius 3 is 2.88 bits per heavy atom. The van der Waals surface area contributed by atoms with Crippen molar-refractivity contribution in [2.45, 2.75) is 10.9 Å². The van der Waals surface area contributed by atoms with Gasteiger partial charge >= 0.3 is 7.12 Å². The van der Waals surface area contributed by atoms with Gasteiger partial charge in [0.2, 0.25) is 0 Å². The Balaban J connectivity index is 2.04. The highest BCUT2D eigenvalue weighted by molar-refractivity contribution is 7.98. The number of rotatable bonds is 4. The summed E-state index contributed by atoms with van der Waals surface area (Å²) >= 11 is 1.55. The molecule has 0 bridgehead atoms. The van der Waals surface area contributed by atoms with Gasteiger partial charge in [0.25, 0.3) is 0 Å². The molecule has 0 saturated heterocycles. The van der Waals surface area contributed by atoms with Crippen LogP contribution < -0.4 is 5.46 Å². The lowest BCUT2D eigenvalue weighted by Crippen LogP contribution is -2.29. The second kappa shape index (κ2) is 5.35. The molecule has 0 unspecified atom stereocenters. The van der Waals surface area contributed by atoms with Gasteiger partial charge in [-0.3, -0.25) is 0 Å². The van der Waals surface area contributed by atoms with Gasteiger partial charge in [0.1, 0.15) is 6.33 Å². The molecular formula is C10H12BN3O2S. The van der Waals surface area contributed by atoms with E-state index in [1.165, 1.54) is 0 Å². The number of nitrogens with zero attached hydrogens (tertiary/aromatic N) is 3. The molecule has 0 aliphatic carbocycles. The smallest absolute Gasteiger partial charge is 0.423 e. The Labute approximate surface area is 104 Å². The molecule has 7 heteroatoms. The van der Waals surface area contributed by atoms with Crippen LogP contribution in [0.1, 0.15) is 5.56 Å². The summed E-state index contributed by atoms with van der Waals surface area (Å²) in [6.07, 6.45) is 1.65. The third-order valence-corrected chi connectivity index (χ3v) is 3.39. The first-order chi connectivity index (χ1) is 8.16. The summed E-state index contributed by atoms with van der Waals surface area (Å²) in [5.41, 5.74) is 1.52. The lowest BCUT2D eigenvalue weighted by molar-refractivity contribution is 0.425. The Kier molecular flexibility index (Phi) is 3.83. The maximum atomic E-state index is 9.07. The van der Waals surface area contributed by atoms with Crippen LogP contribution in [-0.2, 0) is 12.8 Å². The maximum absolute atomic E-state index is 9.07. The van der Waals surface area contributed by atoms with Crippen LogP contribution in [0.15, 0.2) is 35.7 Å². The molecule has 2 aromatic rings. The van der Waals surface area contributed by atoms with Crippen molar-refractivity contribution in [2.75, 3.05) is 0 Å². The van der Waals surface area contributed by atoms with Gasteiger partial charge in [-0.1, -0.05) is 36.0 Å². The normalized spacial score (nSPS) is 10.5. The Morgan fingerprint density at radius 2 is 2.24 bits per heavy atom. The highest BCUT2D eigenvalue weighted by Gasteiger charge is 2.11. The molecule has 0 fully saturated rings. The number of benzene rings is 1. The fourth-order valence-corrected chi connectivity index (χ4v) is 2.23. The van der Waals surface area contributed by atoms with Gasteiger partial charge in [-0.05, 0) is 11.0 Å². The van der Waals surface area contributed by atoms with E-state index in [1.54, 1.807) is 36.3 Å². The predicted octanol–water partition coefficient (Wildman–Crippen LogP) is -0.213. The first kappa shape index (κ1) is 12.2. The minimum Gasteiger partial charge on any atom is -0.423 e. The predicted molar refractivity (Wildman–Crippen MR) is 66.8 cm³/mol. The molecule has 2 rings (SSSR count). The summed E-state index contributed by atoms with van der Waals surface area (Å²) in [6, 6.07) is 7.20. The maximum Gasteiger partial charge on any atom is 0.488 e. The van der Waals surface area contributed by atoms with E-state index < -0.39 is 7.12 Å². The lowest BCUT2D eigenvalue weighted by Gasteiger charge is -2.04. The summed E-state index contributed by atoms with van der Waals surface area (Å²) in [5.74, 6) is 0.715. The van der Waals surface area contributed by atoms with Crippen LogP contribution in [0.5, 0.6) is 0 Å². The van der Waals surface area contributed by atoms with Crippen molar-refractivity contribution in [3.63, 3.8) is 0 Å². The van der Waals surface area contributed by atoms with Crippen LogP contribution in [-0.4, -0.2) is 31.9 Å². The highest BCUT2D eigenvalue weighted by Crippen LogP contribution is 2.18. The summed E-state index contributed by atoms with van der Waals surface area (Å²) in [6.45, 7) is 0. The van der Waals surface area contributed by atoms with Crippen molar-refractivity contribution < 1.29 is 10.0 Å². The van der Waals surface area contributed by atoms with Crippen molar-refractivity contribution in [3.8, 4) is 0 Å². The average molecular weight is 249 g/mol. The van der Waals surface area contributed by atoms with Crippen LogP contribution in [0.25, 0.3) is 0 Å². The average Bonchev–Trinajstić information content (AvgIpc) is 2.72. The van der Waals surface area contributed by atoms with Crippen molar-refractivity contribution in [1.29, 1.82) is 0 Å². The first-order valence-corrected chi connectivity index (χ1v) is 6.07. The standard InChI is InChI=1S/C10H12BN3O2S/c1-14-7-12-13-10(14)17-6-8-3-2-4-9(5-8)11(15)16/h2-5,7,15-16H,6H2,1H3. The summed E-state index contributed by atoms with van der Waals surface area (Å²) in [5, 5.41) is 26.7. The molecule has 0 radical (unpaired) electrons. The topological polar surface area (TPSA) is 71.2 Å². The third-order valence-electron chi connectivity index (χ3n) is 2.29. The Morgan fingerprint density at radius 1 is 1.41 bits per heavy atom. The van der Waals surface area contributed by atoms with Crippen molar-refractivity contribution in [1.82, 2.24) is 14.8 Å². The minimum absolute atomic E-state index is 0.501. The van der Waals surface area contributed by atoms with Gasteiger partial charge in [-0.15, -0.1) is 10.2 Å². The van der Waals surface area contributed by atoms with Gasteiger partial charge in [-0.2, -0.15) is 0 Å². The SMILES string of the molecule is Cn1cnnc1SCc1cccc(B(O)O)c1. The molecule has 5 nitrogen and oxygen atoms in total. The molecule has 2 N–H and O–H groups in total. The van der Waals surface area contributed by atoms with Gasteiger partial charge < -0.3 is 14.6 Å². The summed E-state index contributed by atoms with van der Waals surface area (Å²) < 4.78 is 1.84. The number of aryl methyl sites for hydroxylation is 1. The van der Waals surface area contributed by atoms with E-state index in [0.29, 0.717) is 11.2 Å². The van der Waals surface area contributed by atoms with Crippen LogP contribution in [0.4, 0.5) is 0 Å². The van der Waals surface area contributed by atoms with Crippen LogP contribution in [0.2, 0.25) is 0 Å². The highest BCUT2D eigenvalue weighted by atomic mass is 32.2. The van der Waals surface area contributed by atoms with E-state index >= 15 is 0 Å². The number of hydrogen-bond acceptors (Lipinski definition) is 5. The summed E-state index contributed by atoms with van der Waals surface area (Å²) in [4.78, 5) is 0. The summed E-state index contributed by atoms with van der Waals surface area (Å²) in [7, 11) is 0.464. The third kappa shape index (κ3) is 3.09. The van der Waals surface area contributed by atoms with Gasteiger partial charge in [0.15, 0.2) is 5.16 Å². The Hall–Kier alpha value is -1.31. The molecule has 0 amide bonds. The minimum atomic E-state index is -1.42. The van der Waals surface area contributed by atoms with E-state index in [1.807, 2.05) is 17.7 Å². The zero-order valence-electron chi connectivity index (χ0n) is 9.32. The number of aromatic nitrogens is 3. The zero-order valence-corrected chi connectivity index (χ0v) is 10.1. The van der Waals surface area contributed by atoms with Gasteiger partial charge in [0, 0.05) is 12.8 Å². The molecule has 0 saturated carbocycles. The fourth-order valence-electron chi connectivity index (χ4n) is 1.39. The molecular weight excluding hydrogens is 237 g/mol. The monoisotopic (exact) mass is 249 g/mol. The van der Waals surface area contributed by atoms with Crippen LogP contribution >= 0.6 is 11.8 Å². The van der Waals surface area contributed by atoms with E-state index in [9.17, 15) is 0 Å². The fraction of sp³-hybridized carbons (Fsp3) is 0.200. The number of thioether (sulfide) groups is 1. The van der Waals surface area contributed by atoms with Crippen LogP contribution in [0.3, 0.4) is 0 Å². The molecule has 0 atom stereocenters. The number of hydrogen-bond donors (Lipinski definition) is 2. The van der Waals surface area contributed by atoms with Crippen molar-refractivity contribution in [2.24, 2.45) is 7.05 Å². The first-order valence-electron chi connectivity index (χ1n) is 5.08.